The van der Waals surface area contributed by atoms with E-state index in [9.17, 15) is 0 Å². The Morgan fingerprint density at radius 1 is 1.40 bits per heavy atom. The van der Waals surface area contributed by atoms with Crippen LogP contribution in [-0.4, -0.2) is 18.1 Å². The smallest absolute Gasteiger partial charge is 0.00226 e. The van der Waals surface area contributed by atoms with E-state index >= 15 is 0 Å². The number of rotatable bonds is 4. The fourth-order valence-corrected chi connectivity index (χ4v) is 2.98. The van der Waals surface area contributed by atoms with Gasteiger partial charge in [-0.25, -0.2) is 0 Å². The molecule has 1 fully saturated rings. The third-order valence-electron chi connectivity index (χ3n) is 3.20. The van der Waals surface area contributed by atoms with Crippen LogP contribution < -0.4 is 5.73 Å². The average Bonchev–Trinajstić information content (AvgIpc) is 2.16. The zero-order valence-corrected chi connectivity index (χ0v) is 10.1. The van der Waals surface area contributed by atoms with Crippen molar-refractivity contribution in [3.05, 3.63) is 35.4 Å². The minimum atomic E-state index is 0.608. The quantitative estimate of drug-likeness (QED) is 0.846. The summed E-state index contributed by atoms with van der Waals surface area (Å²) >= 11 is 2.05. The maximum Gasteiger partial charge on any atom is 0.00226 e. The van der Waals surface area contributed by atoms with Crippen LogP contribution in [0.5, 0.6) is 0 Å². The van der Waals surface area contributed by atoms with E-state index in [0.717, 1.165) is 18.9 Å². The fraction of sp³-hybridized carbons (Fsp3) is 0.538. The Kier molecular flexibility index (Phi) is 3.71. The highest BCUT2D eigenvalue weighted by atomic mass is 32.2. The zero-order valence-electron chi connectivity index (χ0n) is 9.28. The summed E-state index contributed by atoms with van der Waals surface area (Å²) < 4.78 is 0. The van der Waals surface area contributed by atoms with E-state index in [-0.39, 0.29) is 0 Å². The first-order chi connectivity index (χ1) is 7.33. The molecule has 1 aromatic carbocycles. The van der Waals surface area contributed by atoms with Crippen molar-refractivity contribution in [2.75, 3.05) is 18.1 Å². The molecule has 0 aliphatic carbocycles. The first-order valence-electron chi connectivity index (χ1n) is 5.69. The second kappa shape index (κ2) is 5.04. The van der Waals surface area contributed by atoms with Gasteiger partial charge in [0.15, 0.2) is 0 Å². The van der Waals surface area contributed by atoms with Crippen molar-refractivity contribution in [3.63, 3.8) is 0 Å². The van der Waals surface area contributed by atoms with Crippen molar-refractivity contribution in [1.29, 1.82) is 0 Å². The second-order valence-corrected chi connectivity index (χ2v) is 5.42. The number of nitrogens with two attached hydrogens (primary N) is 1. The second-order valence-electron chi connectivity index (χ2n) is 4.34. The van der Waals surface area contributed by atoms with Crippen molar-refractivity contribution in [2.24, 2.45) is 5.73 Å². The lowest BCUT2D eigenvalue weighted by Crippen LogP contribution is -2.18. The highest BCUT2D eigenvalue weighted by molar-refractivity contribution is 8.00. The van der Waals surface area contributed by atoms with E-state index < -0.39 is 0 Å². The molecular formula is C13H19NS. The number of hydrogen-bond acceptors (Lipinski definition) is 2. The van der Waals surface area contributed by atoms with E-state index in [4.69, 9.17) is 5.73 Å². The van der Waals surface area contributed by atoms with Gasteiger partial charge in [0.05, 0.1) is 0 Å². The fourth-order valence-electron chi connectivity index (χ4n) is 2.15. The zero-order chi connectivity index (χ0) is 10.7. The van der Waals surface area contributed by atoms with Crippen LogP contribution in [0.1, 0.15) is 36.3 Å². The van der Waals surface area contributed by atoms with Crippen LogP contribution >= 0.6 is 11.8 Å². The molecule has 1 aliphatic heterocycles. The molecule has 0 radical (unpaired) electrons. The summed E-state index contributed by atoms with van der Waals surface area (Å²) in [6.07, 6.45) is 1.09. The van der Waals surface area contributed by atoms with Crippen molar-refractivity contribution in [3.8, 4) is 0 Å². The molecule has 1 aliphatic rings. The van der Waals surface area contributed by atoms with Gasteiger partial charge in [0.2, 0.25) is 0 Å². The average molecular weight is 221 g/mol. The van der Waals surface area contributed by atoms with E-state index in [1.807, 2.05) is 11.8 Å². The van der Waals surface area contributed by atoms with Gasteiger partial charge < -0.3 is 5.73 Å². The Bertz CT molecular complexity index is 320. The molecule has 0 amide bonds. The Balaban J connectivity index is 2.20. The van der Waals surface area contributed by atoms with Crippen molar-refractivity contribution < 1.29 is 0 Å². The molecule has 2 rings (SSSR count). The third-order valence-corrected chi connectivity index (χ3v) is 4.48. The first-order valence-corrected chi connectivity index (χ1v) is 6.85. The largest absolute Gasteiger partial charge is 0.330 e. The topological polar surface area (TPSA) is 26.0 Å². The van der Waals surface area contributed by atoms with Gasteiger partial charge in [-0.15, -0.1) is 0 Å². The van der Waals surface area contributed by atoms with E-state index in [1.165, 1.54) is 17.1 Å². The van der Waals surface area contributed by atoms with Crippen LogP contribution in [0.3, 0.4) is 0 Å². The molecule has 0 saturated carbocycles. The number of benzene rings is 1. The Hall–Kier alpha value is -0.470. The number of thioether (sulfide) groups is 1. The van der Waals surface area contributed by atoms with Gasteiger partial charge in [-0.05, 0) is 30.0 Å². The third kappa shape index (κ3) is 2.37. The Labute approximate surface area is 96.4 Å². The van der Waals surface area contributed by atoms with Crippen LogP contribution in [0.4, 0.5) is 0 Å². The van der Waals surface area contributed by atoms with Gasteiger partial charge >= 0.3 is 0 Å². The van der Waals surface area contributed by atoms with Gasteiger partial charge in [-0.1, -0.05) is 31.2 Å². The summed E-state index contributed by atoms with van der Waals surface area (Å²) in [6, 6.07) is 8.89. The molecule has 2 N–H and O–H groups in total. The highest BCUT2D eigenvalue weighted by Gasteiger charge is 2.23. The summed E-state index contributed by atoms with van der Waals surface area (Å²) in [5.74, 6) is 4.00. The molecule has 0 aromatic heterocycles. The molecular weight excluding hydrogens is 202 g/mol. The van der Waals surface area contributed by atoms with Crippen LogP contribution in [0.2, 0.25) is 0 Å². The maximum absolute atomic E-state index is 5.64. The summed E-state index contributed by atoms with van der Waals surface area (Å²) in [4.78, 5) is 0. The molecule has 82 valence electrons. The van der Waals surface area contributed by atoms with E-state index in [1.54, 1.807) is 5.56 Å². The molecule has 1 unspecified atom stereocenters. The molecule has 1 nitrogen and oxygen atoms in total. The van der Waals surface area contributed by atoms with Gasteiger partial charge in [-0.2, -0.15) is 11.8 Å². The summed E-state index contributed by atoms with van der Waals surface area (Å²) in [7, 11) is 0. The summed E-state index contributed by atoms with van der Waals surface area (Å²) in [5, 5.41) is 0. The van der Waals surface area contributed by atoms with Gasteiger partial charge in [0.1, 0.15) is 0 Å². The number of hydrogen-bond donors (Lipinski definition) is 1. The standard InChI is InChI=1S/C13H19NS/c1-10(6-7-14)12-4-2-3-5-13(12)11-8-15-9-11/h2-5,10-11H,6-9,14H2,1H3. The molecule has 0 bridgehead atoms. The Morgan fingerprint density at radius 3 is 2.73 bits per heavy atom. The van der Waals surface area contributed by atoms with Gasteiger partial charge in [-0.3, -0.25) is 0 Å². The first kappa shape index (κ1) is 11.0. The van der Waals surface area contributed by atoms with Crippen LogP contribution in [0, 0.1) is 0 Å². The van der Waals surface area contributed by atoms with Crippen molar-refractivity contribution in [2.45, 2.75) is 25.2 Å². The summed E-state index contributed by atoms with van der Waals surface area (Å²) in [5.41, 5.74) is 8.72. The SMILES string of the molecule is CC(CCN)c1ccccc1C1CSC1. The lowest BCUT2D eigenvalue weighted by Gasteiger charge is -2.29. The van der Waals surface area contributed by atoms with Crippen LogP contribution in [0.25, 0.3) is 0 Å². The molecule has 0 spiro atoms. The maximum atomic E-state index is 5.64. The van der Waals surface area contributed by atoms with Gasteiger partial charge in [0.25, 0.3) is 0 Å². The van der Waals surface area contributed by atoms with E-state index in [2.05, 4.69) is 31.2 Å². The molecule has 15 heavy (non-hydrogen) atoms. The molecule has 1 aromatic rings. The van der Waals surface area contributed by atoms with E-state index in [0.29, 0.717) is 5.92 Å². The normalized spacial score (nSPS) is 18.5. The van der Waals surface area contributed by atoms with Crippen LogP contribution in [-0.2, 0) is 0 Å². The monoisotopic (exact) mass is 221 g/mol. The lowest BCUT2D eigenvalue weighted by atomic mass is 9.88. The predicted molar refractivity (Wildman–Crippen MR) is 68.6 cm³/mol. The minimum absolute atomic E-state index is 0.608. The van der Waals surface area contributed by atoms with Crippen molar-refractivity contribution >= 4 is 11.8 Å². The Morgan fingerprint density at radius 2 is 2.13 bits per heavy atom. The van der Waals surface area contributed by atoms with Crippen molar-refractivity contribution in [1.82, 2.24) is 0 Å². The lowest BCUT2D eigenvalue weighted by molar-refractivity contribution is 0.672. The molecule has 2 heteroatoms. The van der Waals surface area contributed by atoms with Crippen LogP contribution in [0.15, 0.2) is 24.3 Å². The molecule has 1 atom stereocenters. The van der Waals surface area contributed by atoms with Gasteiger partial charge in [0, 0.05) is 17.4 Å². The predicted octanol–water partition coefficient (Wildman–Crippen LogP) is 2.97. The minimum Gasteiger partial charge on any atom is -0.330 e. The molecule has 1 saturated heterocycles. The summed E-state index contributed by atoms with van der Waals surface area (Å²) in [6.45, 7) is 3.08. The molecule has 1 heterocycles. The highest BCUT2D eigenvalue weighted by Crippen LogP contribution is 2.38.